The van der Waals surface area contributed by atoms with Gasteiger partial charge in [-0.2, -0.15) is 5.21 Å². The number of halogens is 1. The molecule has 6 rings (SSSR count). The van der Waals surface area contributed by atoms with Crippen LogP contribution in [-0.2, 0) is 11.3 Å². The average molecular weight is 564 g/mol. The first kappa shape index (κ1) is 26.7. The monoisotopic (exact) mass is 563 g/mol. The summed E-state index contributed by atoms with van der Waals surface area (Å²) in [6.07, 6.45) is 5.25. The molecule has 0 spiro atoms. The third kappa shape index (κ3) is 5.18. The summed E-state index contributed by atoms with van der Waals surface area (Å²) in [5.74, 6) is -0.211. The number of carbonyl (C=O) groups is 1. The molecule has 11 nitrogen and oxygen atoms in total. The number of nitrogens with zero attached hydrogens (tertiary/aromatic N) is 6. The molecule has 0 fully saturated rings. The van der Waals surface area contributed by atoms with Crippen LogP contribution in [0, 0.1) is 5.82 Å². The highest BCUT2D eigenvalue weighted by molar-refractivity contribution is 5.94. The lowest BCUT2D eigenvalue weighted by Crippen LogP contribution is -2.37. The molecule has 0 aliphatic heterocycles. The predicted molar refractivity (Wildman–Crippen MR) is 157 cm³/mol. The van der Waals surface area contributed by atoms with Crippen LogP contribution in [0.3, 0.4) is 0 Å². The molecule has 2 aromatic carbocycles. The fourth-order valence-corrected chi connectivity index (χ4v) is 4.77. The summed E-state index contributed by atoms with van der Waals surface area (Å²) >= 11 is 0. The van der Waals surface area contributed by atoms with Gasteiger partial charge in [0.15, 0.2) is 0 Å². The van der Waals surface area contributed by atoms with E-state index < -0.39 is 6.04 Å². The van der Waals surface area contributed by atoms with Gasteiger partial charge in [0.2, 0.25) is 11.7 Å². The van der Waals surface area contributed by atoms with Gasteiger partial charge in [-0.3, -0.25) is 14.6 Å². The van der Waals surface area contributed by atoms with Gasteiger partial charge < -0.3 is 19.8 Å². The van der Waals surface area contributed by atoms with Gasteiger partial charge in [0.05, 0.1) is 35.7 Å². The van der Waals surface area contributed by atoms with Crippen molar-refractivity contribution in [2.24, 2.45) is 0 Å². The molecule has 0 radical (unpaired) electrons. The van der Waals surface area contributed by atoms with E-state index in [0.29, 0.717) is 11.5 Å². The van der Waals surface area contributed by atoms with Gasteiger partial charge in [-0.1, -0.05) is 18.2 Å². The molecule has 6 aromatic rings. The number of hydrogen-bond acceptors (Lipinski definition) is 7. The predicted octanol–water partition coefficient (Wildman–Crippen LogP) is 3.77. The highest BCUT2D eigenvalue weighted by atomic mass is 19.1. The van der Waals surface area contributed by atoms with Gasteiger partial charge in [0.1, 0.15) is 11.5 Å². The Labute approximate surface area is 239 Å². The SMILES string of the molecule is CNC(C)C(=O)Nc1ccc(-c2cccc(-c3nn[nH]n3)c2)n(Cc2cncc(-n3ccc4cc(F)ccc43)c2)c1=O. The lowest BCUT2D eigenvalue weighted by molar-refractivity contribution is -0.117. The molecule has 1 amide bonds. The molecule has 0 bridgehead atoms. The summed E-state index contributed by atoms with van der Waals surface area (Å²) in [6.45, 7) is 1.88. The minimum Gasteiger partial charge on any atom is -0.320 e. The Kier molecular flexibility index (Phi) is 7.11. The van der Waals surface area contributed by atoms with E-state index in [1.807, 2.05) is 47.2 Å². The zero-order chi connectivity index (χ0) is 29.2. The Morgan fingerprint density at radius 1 is 1.05 bits per heavy atom. The lowest BCUT2D eigenvalue weighted by atomic mass is 10.1. The second-order valence-electron chi connectivity index (χ2n) is 9.78. The molecular weight excluding hydrogens is 537 g/mol. The molecule has 1 atom stereocenters. The molecular formula is C30H26FN9O2. The van der Waals surface area contributed by atoms with Gasteiger partial charge >= 0.3 is 0 Å². The number of fused-ring (bicyclic) bond motifs is 1. The molecule has 42 heavy (non-hydrogen) atoms. The van der Waals surface area contributed by atoms with Gasteiger partial charge in [-0.25, -0.2) is 4.39 Å². The molecule has 210 valence electrons. The number of pyridine rings is 2. The molecule has 0 saturated carbocycles. The van der Waals surface area contributed by atoms with Crippen LogP contribution in [-0.4, -0.2) is 53.7 Å². The normalized spacial score (nSPS) is 12.0. The van der Waals surface area contributed by atoms with Crippen LogP contribution in [0.15, 0.2) is 90.1 Å². The van der Waals surface area contributed by atoms with E-state index in [1.54, 1.807) is 49.1 Å². The van der Waals surface area contributed by atoms with Crippen LogP contribution >= 0.6 is 0 Å². The number of nitrogens with one attached hydrogen (secondary N) is 3. The molecule has 4 aromatic heterocycles. The standard InChI is InChI=1S/C30H26FN9O2/c1-18(32-2)29(41)34-25-7-9-27(20-4-3-5-22(13-20)28-35-37-38-36-28)40(30(25)42)17-19-12-24(16-33-15-19)39-11-10-21-14-23(31)6-8-26(21)39/h3-16,18,32H,17H2,1-2H3,(H,34,41)(H,35,36,37,38). The third-order valence-corrected chi connectivity index (χ3v) is 7.07. The Balaban J connectivity index is 1.43. The number of H-pyrrole nitrogens is 1. The smallest absolute Gasteiger partial charge is 0.275 e. The number of benzene rings is 2. The van der Waals surface area contributed by atoms with Crippen molar-refractivity contribution in [3.63, 3.8) is 0 Å². The first-order chi connectivity index (χ1) is 20.4. The quantitative estimate of drug-likeness (QED) is 0.257. The Morgan fingerprint density at radius 3 is 2.71 bits per heavy atom. The van der Waals surface area contributed by atoms with Crippen molar-refractivity contribution in [3.05, 3.63) is 107 Å². The van der Waals surface area contributed by atoms with E-state index in [-0.39, 0.29) is 29.5 Å². The molecule has 0 aliphatic carbocycles. The molecule has 12 heteroatoms. The molecule has 4 heterocycles. The van der Waals surface area contributed by atoms with Crippen molar-refractivity contribution in [1.29, 1.82) is 0 Å². The highest BCUT2D eigenvalue weighted by Crippen LogP contribution is 2.26. The minimum absolute atomic E-state index is 0.155. The fourth-order valence-electron chi connectivity index (χ4n) is 4.77. The second kappa shape index (κ2) is 11.2. The van der Waals surface area contributed by atoms with E-state index in [4.69, 9.17) is 0 Å². The van der Waals surface area contributed by atoms with Gasteiger partial charge in [0.25, 0.3) is 5.56 Å². The number of aromatic amines is 1. The summed E-state index contributed by atoms with van der Waals surface area (Å²) < 4.78 is 17.3. The lowest BCUT2D eigenvalue weighted by Gasteiger charge is -2.17. The van der Waals surface area contributed by atoms with Gasteiger partial charge in [-0.15, -0.1) is 10.2 Å². The van der Waals surface area contributed by atoms with Gasteiger partial charge in [0, 0.05) is 23.3 Å². The average Bonchev–Trinajstić information content (AvgIpc) is 3.69. The van der Waals surface area contributed by atoms with Crippen molar-refractivity contribution in [2.75, 3.05) is 12.4 Å². The Bertz CT molecular complexity index is 1960. The molecule has 0 saturated heterocycles. The number of tetrazole rings is 1. The van der Waals surface area contributed by atoms with Crippen LogP contribution in [0.2, 0.25) is 0 Å². The Hall–Kier alpha value is -5.49. The number of aromatic nitrogens is 7. The third-order valence-electron chi connectivity index (χ3n) is 7.07. The van der Waals surface area contributed by atoms with Crippen LogP contribution in [0.25, 0.3) is 39.2 Å². The minimum atomic E-state index is -0.491. The van der Waals surface area contributed by atoms with E-state index in [1.165, 1.54) is 12.1 Å². The van der Waals surface area contributed by atoms with Crippen molar-refractivity contribution in [2.45, 2.75) is 19.5 Å². The van der Waals surface area contributed by atoms with Crippen LogP contribution in [0.5, 0.6) is 0 Å². The maximum atomic E-state index is 13.9. The number of anilines is 1. The summed E-state index contributed by atoms with van der Waals surface area (Å²) in [4.78, 5) is 30.9. The number of carbonyl (C=O) groups excluding carboxylic acids is 1. The largest absolute Gasteiger partial charge is 0.320 e. The topological polar surface area (TPSA) is 135 Å². The van der Waals surface area contributed by atoms with Crippen LogP contribution in [0.4, 0.5) is 10.1 Å². The number of amides is 1. The van der Waals surface area contributed by atoms with Crippen LogP contribution < -0.4 is 16.2 Å². The highest BCUT2D eigenvalue weighted by Gasteiger charge is 2.17. The van der Waals surface area contributed by atoms with Gasteiger partial charge in [-0.05, 0) is 78.8 Å². The van der Waals surface area contributed by atoms with Crippen molar-refractivity contribution < 1.29 is 9.18 Å². The first-order valence-electron chi connectivity index (χ1n) is 13.2. The summed E-state index contributed by atoms with van der Waals surface area (Å²) in [5.41, 5.74) is 4.21. The van der Waals surface area contributed by atoms with E-state index in [0.717, 1.165) is 33.3 Å². The zero-order valence-corrected chi connectivity index (χ0v) is 22.7. The van der Waals surface area contributed by atoms with E-state index >= 15 is 0 Å². The Morgan fingerprint density at radius 2 is 1.90 bits per heavy atom. The second-order valence-corrected chi connectivity index (χ2v) is 9.78. The molecule has 1 unspecified atom stereocenters. The number of hydrogen-bond donors (Lipinski definition) is 3. The summed E-state index contributed by atoms with van der Waals surface area (Å²) in [6, 6.07) is 18.7. The van der Waals surface area contributed by atoms with Crippen molar-refractivity contribution >= 4 is 22.5 Å². The van der Waals surface area contributed by atoms with Crippen molar-refractivity contribution in [3.8, 4) is 28.3 Å². The number of likely N-dealkylation sites (N-methyl/N-ethyl adjacent to an activating group) is 1. The maximum absolute atomic E-state index is 13.9. The van der Waals surface area contributed by atoms with E-state index in [9.17, 15) is 14.0 Å². The zero-order valence-electron chi connectivity index (χ0n) is 22.7. The summed E-state index contributed by atoms with van der Waals surface area (Å²) in [7, 11) is 1.67. The summed E-state index contributed by atoms with van der Waals surface area (Å²) in [5, 5.41) is 20.6. The van der Waals surface area contributed by atoms with E-state index in [2.05, 4.69) is 36.2 Å². The first-order valence-corrected chi connectivity index (χ1v) is 13.2. The van der Waals surface area contributed by atoms with Crippen molar-refractivity contribution in [1.82, 2.24) is 40.1 Å². The fraction of sp³-hybridized carbons (Fsp3) is 0.133. The molecule has 0 aliphatic rings. The molecule has 3 N–H and O–H groups in total. The maximum Gasteiger partial charge on any atom is 0.275 e. The number of rotatable bonds is 8. The van der Waals surface area contributed by atoms with Crippen LogP contribution in [0.1, 0.15) is 12.5 Å².